The fourth-order valence-corrected chi connectivity index (χ4v) is 10.5. The SMILES string of the molecule is CCCCC/C=C\C/C=C\C/C=C\C/C=C\CCCCCCCC(=O)SCCNC(=O)CCNC(=O)[C@H](O)C(C)(C)COP(=O)(O)OP(=O)(O)OC[C@H]1O[C@@H](n2cnc3c(N)ncnc32)C(O)C1OP(=O)(O)O. The van der Waals surface area contributed by atoms with Gasteiger partial charge in [0.1, 0.15) is 36.3 Å². The number of nitrogen functional groups attached to an aromatic ring is 1. The van der Waals surface area contributed by atoms with E-state index >= 15 is 0 Å². The average molecular weight is 1110 g/mol. The highest BCUT2D eigenvalue weighted by atomic mass is 32.2. The lowest BCUT2D eigenvalue weighted by Gasteiger charge is -2.30. The van der Waals surface area contributed by atoms with E-state index in [0.29, 0.717) is 12.2 Å². The largest absolute Gasteiger partial charge is 0.481 e. The lowest BCUT2D eigenvalue weighted by molar-refractivity contribution is -0.137. The summed E-state index contributed by atoms with van der Waals surface area (Å²) >= 11 is 1.14. The number of phosphoric acid groups is 3. The number of thioether (sulfide) groups is 1. The molecule has 412 valence electrons. The van der Waals surface area contributed by atoms with E-state index in [1.807, 2.05) is 0 Å². The standard InChI is InChI=1S/C45H74N7O17P3S/c1-4-5-6-7-8-9-10-11-12-13-14-15-16-17-18-19-20-21-22-23-24-25-36(54)73-29-28-47-35(53)26-27-48-43(57)40(56)45(2,3)31-66-72(63,64)69-71(61,62)65-30-34-39(68-70(58,59)60)38(55)44(67-34)52-33-51-37-41(46)49-32-50-42(37)52/h8-9,11-12,14-15,17-18,32-34,38-40,44,55-56H,4-7,10,13,16,19-31H2,1-3H3,(H,47,53)(H,48,57)(H,61,62)(H,63,64)(H2,46,49,50)(H2,58,59,60)/b9-8-,12-11-,15-14-,18-17-/t34-,38?,39?,40+,44-/m1/s1. The van der Waals surface area contributed by atoms with Gasteiger partial charge in [-0.15, -0.1) is 0 Å². The molecular weight excluding hydrogens is 1040 g/mol. The van der Waals surface area contributed by atoms with Crippen LogP contribution in [0.5, 0.6) is 0 Å². The van der Waals surface area contributed by atoms with Gasteiger partial charge in [-0.1, -0.05) is 113 Å². The van der Waals surface area contributed by atoms with E-state index in [9.17, 15) is 57.9 Å². The van der Waals surface area contributed by atoms with Crippen LogP contribution in [0, 0.1) is 5.41 Å². The number of amides is 2. The summed E-state index contributed by atoms with van der Waals surface area (Å²) in [5.41, 5.74) is 4.28. The number of ether oxygens (including phenoxy) is 1. The number of nitrogens with zero attached hydrogens (tertiary/aromatic N) is 4. The number of allylic oxidation sites excluding steroid dienone is 8. The minimum absolute atomic E-state index is 0.0316. The second-order valence-electron chi connectivity index (χ2n) is 17.7. The van der Waals surface area contributed by atoms with Gasteiger partial charge in [-0.25, -0.2) is 28.6 Å². The first-order chi connectivity index (χ1) is 34.6. The fraction of sp³-hybridized carbons (Fsp3) is 0.644. The summed E-state index contributed by atoms with van der Waals surface area (Å²) in [7, 11) is -16.4. The normalized spacial score (nSPS) is 19.8. The first-order valence-corrected chi connectivity index (χ1v) is 29.7. The summed E-state index contributed by atoms with van der Waals surface area (Å²) < 4.78 is 62.5. The summed E-state index contributed by atoms with van der Waals surface area (Å²) in [4.78, 5) is 88.5. The lowest BCUT2D eigenvalue weighted by atomic mass is 9.87. The number of fused-ring (bicyclic) bond motifs is 1. The van der Waals surface area contributed by atoms with Crippen LogP contribution in [0.25, 0.3) is 11.2 Å². The first-order valence-electron chi connectivity index (χ1n) is 24.2. The number of carbonyl (C=O) groups excluding carboxylic acids is 3. The summed E-state index contributed by atoms with van der Waals surface area (Å²) in [6.45, 7) is 2.76. The molecule has 0 aromatic carbocycles. The predicted molar refractivity (Wildman–Crippen MR) is 274 cm³/mol. The number of hydrogen-bond donors (Lipinski definition) is 9. The molecule has 0 saturated carbocycles. The van der Waals surface area contributed by atoms with E-state index in [1.54, 1.807) is 0 Å². The second kappa shape index (κ2) is 32.8. The number of aliphatic hydroxyl groups excluding tert-OH is 2. The van der Waals surface area contributed by atoms with Crippen LogP contribution < -0.4 is 16.4 Å². The zero-order valence-electron chi connectivity index (χ0n) is 41.6. The number of nitrogens with two attached hydrogens (primary N) is 1. The van der Waals surface area contributed by atoms with Gasteiger partial charge in [-0.05, 0) is 51.4 Å². The van der Waals surface area contributed by atoms with E-state index in [2.05, 4.69) is 90.0 Å². The third kappa shape index (κ3) is 25.3. The molecule has 2 aromatic rings. The average Bonchev–Trinajstić information content (AvgIpc) is 3.88. The number of hydrogen-bond acceptors (Lipinski definition) is 18. The minimum atomic E-state index is -5.58. The molecule has 24 nitrogen and oxygen atoms in total. The molecule has 10 N–H and O–H groups in total. The smallest absolute Gasteiger partial charge is 0.386 e. The number of unbranched alkanes of at least 4 members (excludes halogenated alkanes) is 8. The van der Waals surface area contributed by atoms with Gasteiger partial charge in [0.25, 0.3) is 0 Å². The summed E-state index contributed by atoms with van der Waals surface area (Å²) in [6, 6.07) is 0. The Labute approximate surface area is 430 Å². The van der Waals surface area contributed by atoms with Crippen LogP contribution in [-0.4, -0.2) is 123 Å². The van der Waals surface area contributed by atoms with E-state index in [0.717, 1.165) is 86.8 Å². The van der Waals surface area contributed by atoms with Crippen molar-refractivity contribution in [1.29, 1.82) is 0 Å². The van der Waals surface area contributed by atoms with E-state index in [1.165, 1.54) is 39.5 Å². The first kappa shape index (κ1) is 63.8. The number of phosphoric ester groups is 3. The molecule has 4 unspecified atom stereocenters. The van der Waals surface area contributed by atoms with Crippen molar-refractivity contribution < 1.29 is 80.5 Å². The molecule has 0 radical (unpaired) electrons. The highest BCUT2D eigenvalue weighted by Gasteiger charge is 2.50. The number of anilines is 1. The van der Waals surface area contributed by atoms with Gasteiger partial charge in [0, 0.05) is 37.1 Å². The van der Waals surface area contributed by atoms with Crippen molar-refractivity contribution >= 4 is 69.1 Å². The van der Waals surface area contributed by atoms with Gasteiger partial charge < -0.3 is 50.9 Å². The molecule has 73 heavy (non-hydrogen) atoms. The van der Waals surface area contributed by atoms with Crippen LogP contribution in [0.15, 0.2) is 61.3 Å². The molecule has 3 heterocycles. The molecule has 1 fully saturated rings. The molecule has 3 rings (SSSR count). The topological polar surface area (TPSA) is 364 Å². The minimum Gasteiger partial charge on any atom is -0.386 e. The monoisotopic (exact) mass is 1110 g/mol. The Morgan fingerprint density at radius 1 is 0.836 bits per heavy atom. The Hall–Kier alpha value is -3.48. The van der Waals surface area contributed by atoms with Crippen molar-refractivity contribution in [3.05, 3.63) is 61.3 Å². The summed E-state index contributed by atoms with van der Waals surface area (Å²) in [6.07, 6.45) is 25.2. The molecule has 28 heteroatoms. The van der Waals surface area contributed by atoms with Crippen LogP contribution in [0.1, 0.15) is 123 Å². The molecule has 1 saturated heterocycles. The zero-order chi connectivity index (χ0) is 53.9. The number of rotatable bonds is 37. The van der Waals surface area contributed by atoms with Crippen molar-refractivity contribution in [1.82, 2.24) is 30.2 Å². The van der Waals surface area contributed by atoms with Crippen molar-refractivity contribution in [2.45, 2.75) is 148 Å². The van der Waals surface area contributed by atoms with E-state index < -0.39 is 84.6 Å². The molecule has 2 amide bonds. The maximum absolute atomic E-state index is 12.8. The fourth-order valence-electron chi connectivity index (χ4n) is 6.99. The number of aromatic nitrogens is 4. The Morgan fingerprint density at radius 3 is 2.08 bits per heavy atom. The number of aliphatic hydroxyl groups is 2. The Morgan fingerprint density at radius 2 is 1.44 bits per heavy atom. The second-order valence-corrected chi connectivity index (χ2v) is 23.1. The van der Waals surface area contributed by atoms with Crippen molar-refractivity contribution in [2.24, 2.45) is 5.41 Å². The molecule has 1 aliphatic heterocycles. The maximum Gasteiger partial charge on any atom is 0.481 e. The van der Waals surface area contributed by atoms with Gasteiger partial charge in [0.05, 0.1) is 19.5 Å². The molecule has 0 aliphatic carbocycles. The van der Waals surface area contributed by atoms with Crippen LogP contribution in [0.4, 0.5) is 5.82 Å². The molecule has 0 spiro atoms. The Balaban J connectivity index is 1.25. The van der Waals surface area contributed by atoms with Crippen molar-refractivity contribution in [3.8, 4) is 0 Å². The van der Waals surface area contributed by atoms with Crippen LogP contribution in [-0.2, 0) is 50.7 Å². The molecule has 0 bridgehead atoms. The third-order valence-corrected chi connectivity index (χ3v) is 15.0. The zero-order valence-corrected chi connectivity index (χ0v) is 45.1. The Bertz CT molecular complexity index is 2300. The van der Waals surface area contributed by atoms with Gasteiger partial charge in [0.2, 0.25) is 11.8 Å². The van der Waals surface area contributed by atoms with E-state index in [-0.39, 0.29) is 41.6 Å². The van der Waals surface area contributed by atoms with E-state index in [4.69, 9.17) is 19.5 Å². The summed E-state index contributed by atoms with van der Waals surface area (Å²) in [5.74, 6) is -1.05. The molecular formula is C45H74N7O17P3S. The van der Waals surface area contributed by atoms with Crippen molar-refractivity contribution in [2.75, 3.05) is 37.8 Å². The van der Waals surface area contributed by atoms with Gasteiger partial charge in [-0.3, -0.25) is 32.5 Å². The van der Waals surface area contributed by atoms with Gasteiger partial charge in [0.15, 0.2) is 22.8 Å². The molecule has 1 aliphatic rings. The van der Waals surface area contributed by atoms with Crippen LogP contribution >= 0.6 is 35.2 Å². The van der Waals surface area contributed by atoms with Crippen LogP contribution in [0.2, 0.25) is 0 Å². The van der Waals surface area contributed by atoms with Gasteiger partial charge in [-0.2, -0.15) is 4.31 Å². The quantitative estimate of drug-likeness (QED) is 0.0201. The Kier molecular flexibility index (Phi) is 28.7. The number of imidazole rings is 1. The molecule has 7 atom stereocenters. The number of nitrogens with one attached hydrogen (secondary N) is 2. The summed E-state index contributed by atoms with van der Waals surface area (Å²) in [5, 5.41) is 26.7. The number of carbonyl (C=O) groups is 3. The maximum atomic E-state index is 12.8. The third-order valence-electron chi connectivity index (χ3n) is 11.0. The highest BCUT2D eigenvalue weighted by molar-refractivity contribution is 8.13. The molecule has 2 aromatic heterocycles. The van der Waals surface area contributed by atoms with Crippen LogP contribution in [0.3, 0.4) is 0 Å². The lowest BCUT2D eigenvalue weighted by Crippen LogP contribution is -2.46. The van der Waals surface area contributed by atoms with Gasteiger partial charge >= 0.3 is 23.5 Å². The highest BCUT2D eigenvalue weighted by Crippen LogP contribution is 2.61. The predicted octanol–water partition coefficient (Wildman–Crippen LogP) is 6.37. The van der Waals surface area contributed by atoms with Crippen molar-refractivity contribution in [3.63, 3.8) is 0 Å².